The fourth-order valence-corrected chi connectivity index (χ4v) is 6.10. The molecule has 0 aromatic heterocycles. The number of carbonyl (C=O) groups excluding carboxylic acids is 1. The van der Waals surface area contributed by atoms with Crippen LogP contribution in [0, 0.1) is 17.8 Å². The molecule has 4 fully saturated rings. The lowest BCUT2D eigenvalue weighted by Gasteiger charge is -2.26. The van der Waals surface area contributed by atoms with Crippen LogP contribution >= 0.6 is 11.8 Å². The minimum absolute atomic E-state index is 0.205. The number of hydrogen-bond acceptors (Lipinski definition) is 3. The van der Waals surface area contributed by atoms with E-state index in [2.05, 4.69) is 12.2 Å². The second kappa shape index (κ2) is 4.75. The first-order valence-electron chi connectivity index (χ1n) is 8.23. The van der Waals surface area contributed by atoms with E-state index in [-0.39, 0.29) is 10.7 Å². The topological polar surface area (TPSA) is 41.5 Å². The van der Waals surface area contributed by atoms with Gasteiger partial charge in [-0.1, -0.05) is 31.0 Å². The predicted molar refractivity (Wildman–Crippen MR) is 82.8 cm³/mol. The minimum atomic E-state index is -0.257. The molecule has 3 aliphatic carbocycles. The lowest BCUT2D eigenvalue weighted by molar-refractivity contribution is -0.122. The molecule has 3 nitrogen and oxygen atoms in total. The number of aliphatic imine (C=N–C) groups is 1. The number of amidine groups is 1. The van der Waals surface area contributed by atoms with Gasteiger partial charge < -0.3 is 5.32 Å². The Morgan fingerprint density at radius 3 is 2.65 bits per heavy atom. The Kier molecular flexibility index (Phi) is 3.13. The van der Waals surface area contributed by atoms with Gasteiger partial charge in [-0.15, -0.1) is 0 Å². The summed E-state index contributed by atoms with van der Waals surface area (Å²) in [5.74, 6) is 2.46. The van der Waals surface area contributed by atoms with Crippen molar-refractivity contribution in [3.05, 3.63) is 0 Å². The van der Waals surface area contributed by atoms with Crippen molar-refractivity contribution in [2.24, 2.45) is 22.7 Å². The first-order chi connectivity index (χ1) is 9.65. The lowest BCUT2D eigenvalue weighted by atomic mass is 9.91. The van der Waals surface area contributed by atoms with E-state index in [1.807, 2.05) is 0 Å². The van der Waals surface area contributed by atoms with Crippen molar-refractivity contribution >= 4 is 22.8 Å². The van der Waals surface area contributed by atoms with Crippen molar-refractivity contribution in [1.29, 1.82) is 0 Å². The van der Waals surface area contributed by atoms with Crippen LogP contribution in [0.2, 0.25) is 0 Å². The fraction of sp³-hybridized carbons (Fsp3) is 0.875. The minimum Gasteiger partial charge on any atom is -0.304 e. The van der Waals surface area contributed by atoms with E-state index in [0.717, 1.165) is 17.0 Å². The molecule has 4 rings (SSSR count). The summed E-state index contributed by atoms with van der Waals surface area (Å²) < 4.78 is -0.257. The van der Waals surface area contributed by atoms with Crippen LogP contribution in [-0.2, 0) is 4.79 Å². The number of amides is 1. The van der Waals surface area contributed by atoms with E-state index in [9.17, 15) is 4.79 Å². The number of rotatable bonds is 2. The van der Waals surface area contributed by atoms with Gasteiger partial charge in [-0.05, 0) is 56.8 Å². The van der Waals surface area contributed by atoms with Crippen LogP contribution in [0.25, 0.3) is 0 Å². The molecule has 110 valence electrons. The Balaban J connectivity index is 1.50. The zero-order chi connectivity index (χ0) is 13.7. The molecule has 4 aliphatic rings. The molecule has 20 heavy (non-hydrogen) atoms. The van der Waals surface area contributed by atoms with Crippen LogP contribution in [-0.4, -0.2) is 21.9 Å². The maximum atomic E-state index is 12.4. The predicted octanol–water partition coefficient (Wildman–Crippen LogP) is 3.34. The molecule has 0 aromatic carbocycles. The molecular weight excluding hydrogens is 268 g/mol. The van der Waals surface area contributed by atoms with Crippen molar-refractivity contribution in [2.75, 3.05) is 0 Å². The van der Waals surface area contributed by atoms with Gasteiger partial charge in [-0.25, -0.2) is 0 Å². The Morgan fingerprint density at radius 1 is 1.20 bits per heavy atom. The average Bonchev–Trinajstić information content (AvgIpc) is 3.16. The van der Waals surface area contributed by atoms with Gasteiger partial charge in [0.25, 0.3) is 0 Å². The second-order valence-electron chi connectivity index (χ2n) is 7.32. The molecule has 1 heterocycles. The Morgan fingerprint density at radius 2 is 2.00 bits per heavy atom. The van der Waals surface area contributed by atoms with Gasteiger partial charge in [0.1, 0.15) is 4.75 Å². The van der Waals surface area contributed by atoms with Crippen LogP contribution in [0.4, 0.5) is 0 Å². The van der Waals surface area contributed by atoms with Crippen molar-refractivity contribution in [2.45, 2.75) is 69.1 Å². The molecular formula is C16H24N2OS. The summed E-state index contributed by atoms with van der Waals surface area (Å²) in [7, 11) is 0. The molecule has 1 aliphatic heterocycles. The number of nitrogens with one attached hydrogen (secondary N) is 1. The molecule has 2 bridgehead atoms. The summed E-state index contributed by atoms with van der Waals surface area (Å²) in [6, 6.07) is 0.488. The van der Waals surface area contributed by atoms with E-state index in [4.69, 9.17) is 4.99 Å². The molecule has 4 heteroatoms. The quantitative estimate of drug-likeness (QED) is 0.848. The molecule has 1 amide bonds. The first-order valence-corrected chi connectivity index (χ1v) is 9.05. The van der Waals surface area contributed by atoms with Crippen LogP contribution in [0.5, 0.6) is 0 Å². The standard InChI is InChI=1S/C16H24N2OS/c1-16(12-4-2-3-5-12)14(19)18-15(20-16)17-13-9-10-6-7-11(13)8-10/h10-13H,2-9H2,1H3,(H,17,18,19)/t10-,11?,13+,16?/m1/s1. The van der Waals surface area contributed by atoms with Crippen molar-refractivity contribution in [1.82, 2.24) is 5.32 Å². The third kappa shape index (κ3) is 2.02. The number of thioether (sulfide) groups is 1. The van der Waals surface area contributed by atoms with Gasteiger partial charge in [0.2, 0.25) is 5.91 Å². The highest BCUT2D eigenvalue weighted by molar-refractivity contribution is 8.16. The maximum absolute atomic E-state index is 12.4. The van der Waals surface area contributed by atoms with E-state index < -0.39 is 0 Å². The molecule has 4 atom stereocenters. The van der Waals surface area contributed by atoms with E-state index >= 15 is 0 Å². The van der Waals surface area contributed by atoms with E-state index in [1.165, 1.54) is 51.4 Å². The molecule has 0 spiro atoms. The average molecular weight is 292 g/mol. The van der Waals surface area contributed by atoms with Gasteiger partial charge in [0.15, 0.2) is 5.17 Å². The molecule has 3 saturated carbocycles. The largest absolute Gasteiger partial charge is 0.304 e. The van der Waals surface area contributed by atoms with E-state index in [1.54, 1.807) is 11.8 Å². The number of hydrogen-bond donors (Lipinski definition) is 1. The first kappa shape index (κ1) is 13.2. The Bertz CT molecular complexity index is 457. The van der Waals surface area contributed by atoms with Gasteiger partial charge in [-0.2, -0.15) is 0 Å². The number of nitrogens with zero attached hydrogens (tertiary/aromatic N) is 1. The van der Waals surface area contributed by atoms with E-state index in [0.29, 0.717) is 12.0 Å². The summed E-state index contributed by atoms with van der Waals surface area (Å²) >= 11 is 1.72. The normalized spacial score (nSPS) is 46.5. The highest BCUT2D eigenvalue weighted by Gasteiger charge is 2.49. The van der Waals surface area contributed by atoms with Gasteiger partial charge in [-0.3, -0.25) is 9.79 Å². The van der Waals surface area contributed by atoms with Crippen LogP contribution in [0.1, 0.15) is 58.3 Å². The third-order valence-corrected chi connectivity index (χ3v) is 7.44. The zero-order valence-corrected chi connectivity index (χ0v) is 13.0. The highest BCUT2D eigenvalue weighted by Crippen LogP contribution is 2.48. The summed E-state index contributed by atoms with van der Waals surface area (Å²) in [6.45, 7) is 2.13. The summed E-state index contributed by atoms with van der Waals surface area (Å²) in [5, 5.41) is 4.00. The molecule has 1 saturated heterocycles. The molecule has 1 N–H and O–H groups in total. The van der Waals surface area contributed by atoms with Gasteiger partial charge in [0.05, 0.1) is 6.04 Å². The SMILES string of the molecule is CC1(C2CCCC2)SC(=N[C@H]2C[C@@H]3CCC2C3)NC1=O. The van der Waals surface area contributed by atoms with Gasteiger partial charge in [0, 0.05) is 0 Å². The summed E-state index contributed by atoms with van der Waals surface area (Å²) in [5.41, 5.74) is 0. The van der Waals surface area contributed by atoms with Crippen molar-refractivity contribution in [3.8, 4) is 0 Å². The zero-order valence-electron chi connectivity index (χ0n) is 12.2. The fourth-order valence-electron chi connectivity index (χ4n) is 4.82. The van der Waals surface area contributed by atoms with Crippen LogP contribution in [0.15, 0.2) is 4.99 Å². The monoisotopic (exact) mass is 292 g/mol. The number of fused-ring (bicyclic) bond motifs is 2. The number of carbonyl (C=O) groups is 1. The smallest absolute Gasteiger partial charge is 0.242 e. The highest BCUT2D eigenvalue weighted by atomic mass is 32.2. The summed E-state index contributed by atoms with van der Waals surface area (Å²) in [6.07, 6.45) is 10.4. The van der Waals surface area contributed by atoms with Crippen LogP contribution < -0.4 is 5.32 Å². The third-order valence-electron chi connectivity index (χ3n) is 6.10. The van der Waals surface area contributed by atoms with Crippen LogP contribution in [0.3, 0.4) is 0 Å². The van der Waals surface area contributed by atoms with Gasteiger partial charge >= 0.3 is 0 Å². The summed E-state index contributed by atoms with van der Waals surface area (Å²) in [4.78, 5) is 17.3. The van der Waals surface area contributed by atoms with Crippen molar-refractivity contribution in [3.63, 3.8) is 0 Å². The Hall–Kier alpha value is -0.510. The molecule has 0 radical (unpaired) electrons. The van der Waals surface area contributed by atoms with Crippen molar-refractivity contribution < 1.29 is 4.79 Å². The Labute approximate surface area is 125 Å². The molecule has 0 aromatic rings. The lowest BCUT2D eigenvalue weighted by Crippen LogP contribution is -2.39. The molecule has 2 unspecified atom stereocenters. The maximum Gasteiger partial charge on any atom is 0.242 e. The second-order valence-corrected chi connectivity index (χ2v) is 8.76.